The highest BCUT2D eigenvalue weighted by Gasteiger charge is 2.36. The van der Waals surface area contributed by atoms with Crippen LogP contribution in [-0.2, 0) is 21.2 Å². The van der Waals surface area contributed by atoms with E-state index < -0.39 is 9.84 Å². The van der Waals surface area contributed by atoms with Crippen LogP contribution < -0.4 is 9.80 Å². The molecule has 1 amide bonds. The molecule has 2 aliphatic rings. The van der Waals surface area contributed by atoms with Crippen LogP contribution in [0.4, 0.5) is 5.69 Å². The molecule has 0 spiro atoms. The van der Waals surface area contributed by atoms with Crippen molar-refractivity contribution in [3.8, 4) is 0 Å². The number of piperazine rings is 1. The molecule has 0 unspecified atom stereocenters. The van der Waals surface area contributed by atoms with Crippen molar-refractivity contribution in [1.29, 1.82) is 0 Å². The average Bonchev–Trinajstić information content (AvgIpc) is 3.13. The van der Waals surface area contributed by atoms with Gasteiger partial charge >= 0.3 is 0 Å². The fourth-order valence-corrected chi connectivity index (χ4v) is 6.17. The zero-order valence-corrected chi connectivity index (χ0v) is 18.1. The summed E-state index contributed by atoms with van der Waals surface area (Å²) in [6, 6.07) is 20.0. The van der Waals surface area contributed by atoms with Gasteiger partial charge in [0.2, 0.25) is 0 Å². The van der Waals surface area contributed by atoms with Crippen molar-refractivity contribution in [2.24, 2.45) is 0 Å². The fraction of sp³-hybridized carbons (Fsp3) is 0.435. The van der Waals surface area contributed by atoms with E-state index in [2.05, 4.69) is 29.2 Å². The molecule has 0 aliphatic carbocycles. The Morgan fingerprint density at radius 1 is 1.00 bits per heavy atom. The number of sulfone groups is 1. The van der Waals surface area contributed by atoms with Crippen molar-refractivity contribution in [3.05, 3.63) is 66.2 Å². The van der Waals surface area contributed by atoms with Crippen molar-refractivity contribution in [2.45, 2.75) is 19.0 Å². The Morgan fingerprint density at radius 2 is 1.63 bits per heavy atom. The molecule has 0 bridgehead atoms. The van der Waals surface area contributed by atoms with E-state index in [1.807, 2.05) is 41.3 Å². The number of anilines is 1. The zero-order chi connectivity index (χ0) is 21.0. The molecule has 2 fully saturated rings. The molecule has 160 valence electrons. The van der Waals surface area contributed by atoms with Gasteiger partial charge in [0.1, 0.15) is 0 Å². The monoisotopic (exact) mass is 428 g/mol. The topological polar surface area (TPSA) is 62.1 Å². The second kappa shape index (κ2) is 9.18. The van der Waals surface area contributed by atoms with E-state index in [1.165, 1.54) is 10.6 Å². The summed E-state index contributed by atoms with van der Waals surface area (Å²) >= 11 is 0. The maximum absolute atomic E-state index is 13.3. The first-order chi connectivity index (χ1) is 14.5. The lowest BCUT2D eigenvalue weighted by Gasteiger charge is -2.35. The van der Waals surface area contributed by atoms with Crippen LogP contribution in [-0.4, -0.2) is 69.5 Å². The Hall–Kier alpha value is -2.38. The SMILES string of the molecule is O=C(C[NH+]1CCN(c2ccccc2)CC1)N(Cc1ccccc1)[C@@H]1CCS(=O)(=O)C1. The number of hydrogen-bond acceptors (Lipinski definition) is 4. The lowest BCUT2D eigenvalue weighted by molar-refractivity contribution is -0.892. The first-order valence-corrected chi connectivity index (χ1v) is 12.5. The third-order valence-electron chi connectivity index (χ3n) is 6.16. The van der Waals surface area contributed by atoms with Crippen molar-refractivity contribution >= 4 is 21.4 Å². The highest BCUT2D eigenvalue weighted by Crippen LogP contribution is 2.20. The summed E-state index contributed by atoms with van der Waals surface area (Å²) in [5, 5.41) is 0. The number of rotatable bonds is 6. The predicted octanol–water partition coefficient (Wildman–Crippen LogP) is 0.607. The van der Waals surface area contributed by atoms with Crippen molar-refractivity contribution in [1.82, 2.24) is 4.90 Å². The van der Waals surface area contributed by atoms with Crippen LogP contribution in [0.2, 0.25) is 0 Å². The molecule has 2 aromatic rings. The van der Waals surface area contributed by atoms with Gasteiger partial charge in [-0.2, -0.15) is 0 Å². The molecule has 0 radical (unpaired) electrons. The number of benzene rings is 2. The number of carbonyl (C=O) groups excluding carboxylic acids is 1. The normalized spacial score (nSPS) is 21.5. The summed E-state index contributed by atoms with van der Waals surface area (Å²) < 4.78 is 24.1. The van der Waals surface area contributed by atoms with Gasteiger partial charge in [-0.05, 0) is 24.1 Å². The van der Waals surface area contributed by atoms with E-state index in [0.717, 1.165) is 31.7 Å². The molecule has 4 rings (SSSR count). The summed E-state index contributed by atoms with van der Waals surface area (Å²) in [7, 11) is -3.04. The van der Waals surface area contributed by atoms with Gasteiger partial charge in [-0.15, -0.1) is 0 Å². The number of para-hydroxylation sites is 1. The quantitative estimate of drug-likeness (QED) is 0.732. The second-order valence-electron chi connectivity index (χ2n) is 8.31. The summed E-state index contributed by atoms with van der Waals surface area (Å²) in [6.07, 6.45) is 0.540. The maximum atomic E-state index is 13.3. The summed E-state index contributed by atoms with van der Waals surface area (Å²) in [5.74, 6) is 0.325. The molecule has 30 heavy (non-hydrogen) atoms. The fourth-order valence-electron chi connectivity index (χ4n) is 4.43. The second-order valence-corrected chi connectivity index (χ2v) is 10.5. The third-order valence-corrected chi connectivity index (χ3v) is 7.91. The zero-order valence-electron chi connectivity index (χ0n) is 17.2. The number of carbonyl (C=O) groups is 1. The minimum Gasteiger partial charge on any atom is -0.360 e. The Morgan fingerprint density at radius 3 is 2.23 bits per heavy atom. The van der Waals surface area contributed by atoms with Crippen LogP contribution in [0.3, 0.4) is 0 Å². The molecule has 0 aromatic heterocycles. The van der Waals surface area contributed by atoms with Gasteiger partial charge in [0.15, 0.2) is 16.4 Å². The van der Waals surface area contributed by atoms with E-state index in [4.69, 9.17) is 0 Å². The third kappa shape index (κ3) is 5.21. The van der Waals surface area contributed by atoms with Gasteiger partial charge in [0, 0.05) is 18.3 Å². The van der Waals surface area contributed by atoms with E-state index in [-0.39, 0.29) is 23.5 Å². The Balaban J connectivity index is 1.39. The number of hydrogen-bond donors (Lipinski definition) is 1. The Bertz CT molecular complexity index is 942. The van der Waals surface area contributed by atoms with Crippen LogP contribution in [0.25, 0.3) is 0 Å². The minimum absolute atomic E-state index is 0.0594. The number of nitrogens with one attached hydrogen (secondary N) is 1. The molecule has 6 nitrogen and oxygen atoms in total. The molecule has 7 heteroatoms. The van der Waals surface area contributed by atoms with Crippen LogP contribution in [0, 0.1) is 0 Å². The van der Waals surface area contributed by atoms with Crippen LogP contribution in [0.5, 0.6) is 0 Å². The highest BCUT2D eigenvalue weighted by molar-refractivity contribution is 7.91. The maximum Gasteiger partial charge on any atom is 0.278 e. The molecule has 2 saturated heterocycles. The average molecular weight is 429 g/mol. The van der Waals surface area contributed by atoms with Gasteiger partial charge < -0.3 is 14.7 Å². The molecule has 0 saturated carbocycles. The van der Waals surface area contributed by atoms with Crippen molar-refractivity contribution in [3.63, 3.8) is 0 Å². The lowest BCUT2D eigenvalue weighted by Crippen LogP contribution is -3.16. The first-order valence-electron chi connectivity index (χ1n) is 10.7. The van der Waals surface area contributed by atoms with Gasteiger partial charge in [-0.25, -0.2) is 8.42 Å². The summed E-state index contributed by atoms with van der Waals surface area (Å²) in [5.41, 5.74) is 2.27. The predicted molar refractivity (Wildman–Crippen MR) is 118 cm³/mol. The van der Waals surface area contributed by atoms with Gasteiger partial charge in [0.05, 0.1) is 37.7 Å². The van der Waals surface area contributed by atoms with Gasteiger partial charge in [-0.3, -0.25) is 4.79 Å². The molecular formula is C23H30N3O3S+. The summed E-state index contributed by atoms with van der Waals surface area (Å²) in [6.45, 7) is 4.55. The van der Waals surface area contributed by atoms with E-state index in [9.17, 15) is 13.2 Å². The lowest BCUT2D eigenvalue weighted by atomic mass is 10.1. The largest absolute Gasteiger partial charge is 0.360 e. The molecule has 1 atom stereocenters. The Kier molecular flexibility index (Phi) is 6.39. The van der Waals surface area contributed by atoms with Gasteiger partial charge in [-0.1, -0.05) is 48.5 Å². The van der Waals surface area contributed by atoms with Crippen molar-refractivity contribution in [2.75, 3.05) is 49.1 Å². The van der Waals surface area contributed by atoms with Crippen LogP contribution in [0.15, 0.2) is 60.7 Å². The molecule has 2 heterocycles. The van der Waals surface area contributed by atoms with Gasteiger partial charge in [0.25, 0.3) is 5.91 Å². The standard InChI is InChI=1S/C23H29N3O3S/c27-23(18-24-12-14-25(15-13-24)21-9-5-2-6-10-21)26(17-20-7-3-1-4-8-20)22-11-16-30(28,29)19-22/h1-10,22H,11-19H2/p+1/t22-/m1/s1. The molecule has 2 aliphatic heterocycles. The van der Waals surface area contributed by atoms with Crippen molar-refractivity contribution < 1.29 is 18.1 Å². The van der Waals surface area contributed by atoms with Crippen LogP contribution >= 0.6 is 0 Å². The van der Waals surface area contributed by atoms with E-state index in [0.29, 0.717) is 19.5 Å². The molecule has 1 N–H and O–H groups in total. The number of nitrogens with zero attached hydrogens (tertiary/aromatic N) is 2. The highest BCUT2D eigenvalue weighted by atomic mass is 32.2. The molecule has 2 aromatic carbocycles. The molecular weight excluding hydrogens is 398 g/mol. The Labute approximate surface area is 179 Å². The minimum atomic E-state index is -3.04. The van der Waals surface area contributed by atoms with E-state index >= 15 is 0 Å². The number of quaternary nitrogens is 1. The summed E-state index contributed by atoms with van der Waals surface area (Å²) in [4.78, 5) is 18.7. The van der Waals surface area contributed by atoms with E-state index in [1.54, 1.807) is 0 Å². The smallest absolute Gasteiger partial charge is 0.278 e. The number of amides is 1. The first kappa shape index (κ1) is 20.9. The van der Waals surface area contributed by atoms with Crippen LogP contribution in [0.1, 0.15) is 12.0 Å².